The molecule has 1 aliphatic heterocycles. The highest BCUT2D eigenvalue weighted by Crippen LogP contribution is 2.32. The number of halogens is 1. The Hall–Kier alpha value is -1.91. The predicted molar refractivity (Wildman–Crippen MR) is 83.3 cm³/mol. The zero-order chi connectivity index (χ0) is 15.0. The summed E-state index contributed by atoms with van der Waals surface area (Å²) in [4.78, 5) is 15.9. The molecule has 2 heterocycles. The Balaban J connectivity index is 2.24. The number of nitrogens with one attached hydrogen (secondary N) is 1. The molecule has 0 saturated carbocycles. The minimum atomic E-state index is -0.503. The van der Waals surface area contributed by atoms with Crippen molar-refractivity contribution in [1.29, 1.82) is 0 Å². The van der Waals surface area contributed by atoms with Gasteiger partial charge < -0.3 is 11.1 Å². The van der Waals surface area contributed by atoms with Gasteiger partial charge in [-0.15, -0.1) is 0 Å². The van der Waals surface area contributed by atoms with Gasteiger partial charge in [0.15, 0.2) is 0 Å². The SMILES string of the molecule is Cc1cc(Cl)ccc1-c1cc(C(N)=O)nc2c1CCNC2. The molecule has 0 unspecified atom stereocenters. The van der Waals surface area contributed by atoms with E-state index in [1.165, 1.54) is 5.56 Å². The molecule has 2 aromatic rings. The Morgan fingerprint density at radius 3 is 2.86 bits per heavy atom. The lowest BCUT2D eigenvalue weighted by molar-refractivity contribution is 0.0995. The van der Waals surface area contributed by atoms with Crippen molar-refractivity contribution in [2.45, 2.75) is 19.9 Å². The highest BCUT2D eigenvalue weighted by molar-refractivity contribution is 6.30. The van der Waals surface area contributed by atoms with Gasteiger partial charge in [0.2, 0.25) is 0 Å². The van der Waals surface area contributed by atoms with Gasteiger partial charge in [0.1, 0.15) is 5.69 Å². The third kappa shape index (κ3) is 2.64. The third-order valence-electron chi connectivity index (χ3n) is 3.79. The molecule has 21 heavy (non-hydrogen) atoms. The van der Waals surface area contributed by atoms with Gasteiger partial charge in [-0.3, -0.25) is 4.79 Å². The van der Waals surface area contributed by atoms with Gasteiger partial charge >= 0.3 is 0 Å². The molecule has 1 aliphatic rings. The molecular formula is C16H16ClN3O. The topological polar surface area (TPSA) is 68.0 Å². The summed E-state index contributed by atoms with van der Waals surface area (Å²) < 4.78 is 0. The lowest BCUT2D eigenvalue weighted by atomic mass is 9.91. The molecule has 108 valence electrons. The molecule has 0 saturated heterocycles. The van der Waals surface area contributed by atoms with Crippen LogP contribution in [0.5, 0.6) is 0 Å². The number of carbonyl (C=O) groups is 1. The zero-order valence-electron chi connectivity index (χ0n) is 11.7. The van der Waals surface area contributed by atoms with Gasteiger partial charge in [-0.1, -0.05) is 17.7 Å². The summed E-state index contributed by atoms with van der Waals surface area (Å²) >= 11 is 6.03. The fraction of sp³-hybridized carbons (Fsp3) is 0.250. The fourth-order valence-corrected chi connectivity index (χ4v) is 2.99. The van der Waals surface area contributed by atoms with E-state index in [1.807, 2.05) is 25.1 Å². The maximum Gasteiger partial charge on any atom is 0.267 e. The molecule has 0 bridgehead atoms. The van der Waals surface area contributed by atoms with Crippen LogP contribution in [0.4, 0.5) is 0 Å². The number of aromatic nitrogens is 1. The number of amides is 1. The molecule has 0 fully saturated rings. The van der Waals surface area contributed by atoms with Crippen molar-refractivity contribution < 1.29 is 4.79 Å². The van der Waals surface area contributed by atoms with Crippen LogP contribution in [0.1, 0.15) is 27.3 Å². The van der Waals surface area contributed by atoms with Crippen molar-refractivity contribution in [2.75, 3.05) is 6.54 Å². The van der Waals surface area contributed by atoms with E-state index in [0.29, 0.717) is 17.3 Å². The van der Waals surface area contributed by atoms with Crippen LogP contribution in [0, 0.1) is 6.92 Å². The Morgan fingerprint density at radius 1 is 1.33 bits per heavy atom. The summed E-state index contributed by atoms with van der Waals surface area (Å²) in [6.45, 7) is 3.58. The predicted octanol–water partition coefficient (Wildman–Crippen LogP) is 2.46. The number of primary amides is 1. The van der Waals surface area contributed by atoms with Gasteiger partial charge in [0.05, 0.1) is 5.69 Å². The summed E-state index contributed by atoms with van der Waals surface area (Å²) in [6.07, 6.45) is 0.888. The van der Waals surface area contributed by atoms with Gasteiger partial charge in [0.25, 0.3) is 5.91 Å². The molecule has 1 aromatic heterocycles. The quantitative estimate of drug-likeness (QED) is 0.895. The van der Waals surface area contributed by atoms with Gasteiger partial charge in [0, 0.05) is 11.6 Å². The maximum atomic E-state index is 11.5. The molecule has 0 atom stereocenters. The number of nitrogens with two attached hydrogens (primary N) is 1. The number of hydrogen-bond donors (Lipinski definition) is 2. The Morgan fingerprint density at radius 2 is 2.14 bits per heavy atom. The number of hydrogen-bond acceptors (Lipinski definition) is 3. The van der Waals surface area contributed by atoms with E-state index in [4.69, 9.17) is 17.3 Å². The van der Waals surface area contributed by atoms with Crippen molar-refractivity contribution in [1.82, 2.24) is 10.3 Å². The first kappa shape index (κ1) is 14.0. The second-order valence-corrected chi connectivity index (χ2v) is 5.67. The first-order valence-electron chi connectivity index (χ1n) is 6.86. The minimum absolute atomic E-state index is 0.307. The number of rotatable bonds is 2. The van der Waals surface area contributed by atoms with Crippen LogP contribution in [0.3, 0.4) is 0 Å². The molecule has 1 amide bonds. The summed E-state index contributed by atoms with van der Waals surface area (Å²) in [6, 6.07) is 7.57. The Kier molecular flexibility index (Phi) is 3.66. The number of aryl methyl sites for hydroxylation is 1. The largest absolute Gasteiger partial charge is 0.364 e. The summed E-state index contributed by atoms with van der Waals surface area (Å²) in [7, 11) is 0. The molecule has 0 spiro atoms. The van der Waals surface area contributed by atoms with Crippen LogP contribution in [0.2, 0.25) is 5.02 Å². The fourth-order valence-electron chi connectivity index (χ4n) is 2.77. The lowest BCUT2D eigenvalue weighted by Gasteiger charge is -2.21. The van der Waals surface area contributed by atoms with E-state index >= 15 is 0 Å². The lowest BCUT2D eigenvalue weighted by Crippen LogP contribution is -2.27. The Labute approximate surface area is 128 Å². The number of nitrogens with zero attached hydrogens (tertiary/aromatic N) is 1. The summed E-state index contributed by atoms with van der Waals surface area (Å²) in [5.74, 6) is -0.503. The van der Waals surface area contributed by atoms with E-state index in [0.717, 1.165) is 35.3 Å². The number of benzene rings is 1. The number of carbonyl (C=O) groups excluding carboxylic acids is 1. The standard InChI is InChI=1S/C16H16ClN3O/c1-9-6-10(17)2-3-11(9)13-7-14(16(18)21)20-15-8-19-5-4-12(13)15/h2-3,6-7,19H,4-5,8H2,1H3,(H2,18,21). The molecule has 3 rings (SSSR count). The summed E-state index contributed by atoms with van der Waals surface area (Å²) in [5, 5.41) is 3.98. The van der Waals surface area contributed by atoms with E-state index < -0.39 is 5.91 Å². The summed E-state index contributed by atoms with van der Waals surface area (Å²) in [5.41, 5.74) is 11.0. The van der Waals surface area contributed by atoms with Gasteiger partial charge in [-0.2, -0.15) is 0 Å². The van der Waals surface area contributed by atoms with Gasteiger partial charge in [-0.05, 0) is 60.3 Å². The van der Waals surface area contributed by atoms with Crippen LogP contribution in [0.25, 0.3) is 11.1 Å². The number of fused-ring (bicyclic) bond motifs is 1. The average Bonchev–Trinajstić information content (AvgIpc) is 2.46. The molecular weight excluding hydrogens is 286 g/mol. The first-order chi connectivity index (χ1) is 10.1. The minimum Gasteiger partial charge on any atom is -0.364 e. The maximum absolute atomic E-state index is 11.5. The molecule has 5 heteroatoms. The van der Waals surface area contributed by atoms with E-state index in [9.17, 15) is 4.79 Å². The normalized spacial score (nSPS) is 13.8. The molecule has 0 radical (unpaired) electrons. The Bertz CT molecular complexity index is 728. The first-order valence-corrected chi connectivity index (χ1v) is 7.24. The molecule has 3 N–H and O–H groups in total. The van der Waals surface area contributed by atoms with Crippen molar-refractivity contribution in [3.8, 4) is 11.1 Å². The van der Waals surface area contributed by atoms with Crippen molar-refractivity contribution in [3.63, 3.8) is 0 Å². The highest BCUT2D eigenvalue weighted by Gasteiger charge is 2.19. The van der Waals surface area contributed by atoms with Crippen LogP contribution in [0.15, 0.2) is 24.3 Å². The van der Waals surface area contributed by atoms with Crippen LogP contribution in [-0.4, -0.2) is 17.4 Å². The molecule has 0 aliphatic carbocycles. The highest BCUT2D eigenvalue weighted by atomic mass is 35.5. The van der Waals surface area contributed by atoms with Crippen LogP contribution < -0.4 is 11.1 Å². The monoisotopic (exact) mass is 301 g/mol. The molecule has 4 nitrogen and oxygen atoms in total. The zero-order valence-corrected chi connectivity index (χ0v) is 12.5. The van der Waals surface area contributed by atoms with Crippen LogP contribution in [-0.2, 0) is 13.0 Å². The average molecular weight is 302 g/mol. The van der Waals surface area contributed by atoms with E-state index in [1.54, 1.807) is 6.07 Å². The smallest absolute Gasteiger partial charge is 0.267 e. The van der Waals surface area contributed by atoms with Crippen molar-refractivity contribution in [2.24, 2.45) is 5.73 Å². The van der Waals surface area contributed by atoms with Crippen molar-refractivity contribution >= 4 is 17.5 Å². The molecule has 1 aromatic carbocycles. The van der Waals surface area contributed by atoms with Crippen LogP contribution >= 0.6 is 11.6 Å². The second-order valence-electron chi connectivity index (χ2n) is 5.23. The van der Waals surface area contributed by atoms with Gasteiger partial charge in [-0.25, -0.2) is 4.98 Å². The number of pyridine rings is 1. The van der Waals surface area contributed by atoms with E-state index in [2.05, 4.69) is 10.3 Å². The third-order valence-corrected chi connectivity index (χ3v) is 4.02. The second kappa shape index (κ2) is 5.47. The van der Waals surface area contributed by atoms with E-state index in [-0.39, 0.29) is 0 Å². The van der Waals surface area contributed by atoms with Crippen molar-refractivity contribution in [3.05, 3.63) is 51.8 Å².